The van der Waals surface area contributed by atoms with E-state index in [4.69, 9.17) is 9.26 Å². The summed E-state index contributed by atoms with van der Waals surface area (Å²) in [6, 6.07) is 7.27. The number of hydrogen-bond acceptors (Lipinski definition) is 10. The standard InChI is InChI=1S/C26H34N4O8S3/c1-16-13-30(17(2)15-31)24(32)12-20-11-21(28-40(33,34)25-7-6-10-39-25)8-9-22(20)37-23(16)14-29(5)41(35,36)26-18(3)27-38-19(26)4/h6-11,16-17,23,28,31H,12-15H2,1-5H3/t16-,17+,23-/m1/s1. The fraction of sp³-hybridized carbons (Fsp3) is 0.462. The first-order valence-corrected chi connectivity index (χ1v) is 16.7. The number of aliphatic hydroxyl groups is 1. The van der Waals surface area contributed by atoms with Crippen molar-refractivity contribution >= 4 is 43.0 Å². The highest BCUT2D eigenvalue weighted by Gasteiger charge is 2.35. The van der Waals surface area contributed by atoms with Crippen molar-refractivity contribution in [1.82, 2.24) is 14.4 Å². The van der Waals surface area contributed by atoms with Gasteiger partial charge in [-0.15, -0.1) is 11.3 Å². The Morgan fingerprint density at radius 3 is 2.59 bits per heavy atom. The summed E-state index contributed by atoms with van der Waals surface area (Å²) in [5.74, 6) is -0.123. The van der Waals surface area contributed by atoms with Crippen molar-refractivity contribution in [2.24, 2.45) is 5.92 Å². The van der Waals surface area contributed by atoms with Crippen molar-refractivity contribution in [3.63, 3.8) is 0 Å². The van der Waals surface area contributed by atoms with Crippen LogP contribution >= 0.6 is 11.3 Å². The third-order valence-corrected chi connectivity index (χ3v) is 11.8. The van der Waals surface area contributed by atoms with E-state index in [0.717, 1.165) is 11.3 Å². The Hall–Kier alpha value is -2.98. The number of likely N-dealkylation sites (N-methyl/N-ethyl adjacent to an activating group) is 1. The van der Waals surface area contributed by atoms with Gasteiger partial charge in [-0.2, -0.15) is 4.31 Å². The third kappa shape index (κ3) is 6.59. The Bertz CT molecular complexity index is 1580. The van der Waals surface area contributed by atoms with Gasteiger partial charge in [-0.1, -0.05) is 18.1 Å². The van der Waals surface area contributed by atoms with Crippen LogP contribution in [0.3, 0.4) is 0 Å². The summed E-state index contributed by atoms with van der Waals surface area (Å²) in [7, 11) is -6.37. The third-order valence-electron chi connectivity index (χ3n) is 7.00. The summed E-state index contributed by atoms with van der Waals surface area (Å²) >= 11 is 1.08. The summed E-state index contributed by atoms with van der Waals surface area (Å²) in [5, 5.41) is 15.3. The van der Waals surface area contributed by atoms with E-state index < -0.39 is 32.2 Å². The summed E-state index contributed by atoms with van der Waals surface area (Å²) in [4.78, 5) is 15.0. The number of fused-ring (bicyclic) bond motifs is 1. The first-order chi connectivity index (χ1) is 19.2. The van der Waals surface area contributed by atoms with Crippen molar-refractivity contribution in [3.05, 3.63) is 52.7 Å². The van der Waals surface area contributed by atoms with E-state index in [1.165, 1.54) is 36.5 Å². The van der Waals surface area contributed by atoms with Crippen LogP contribution in [0.4, 0.5) is 5.69 Å². The lowest BCUT2D eigenvalue weighted by Crippen LogP contribution is -2.48. The summed E-state index contributed by atoms with van der Waals surface area (Å²) < 4.78 is 67.8. The number of hydrogen-bond donors (Lipinski definition) is 2. The predicted molar refractivity (Wildman–Crippen MR) is 153 cm³/mol. The molecule has 0 bridgehead atoms. The molecule has 41 heavy (non-hydrogen) atoms. The number of aliphatic hydroxyl groups excluding tert-OH is 1. The number of carbonyl (C=O) groups is 1. The SMILES string of the molecule is Cc1noc(C)c1S(=O)(=O)N(C)C[C@H]1Oc2ccc(NS(=O)(=O)c3cccs3)cc2CC(=O)N([C@@H](C)CO)C[C@H]1C. The molecule has 3 atom stereocenters. The maximum Gasteiger partial charge on any atom is 0.271 e. The number of benzene rings is 1. The van der Waals surface area contributed by atoms with Crippen LogP contribution in [0.1, 0.15) is 30.9 Å². The van der Waals surface area contributed by atoms with E-state index in [1.807, 2.05) is 6.92 Å². The van der Waals surface area contributed by atoms with Gasteiger partial charge < -0.3 is 19.3 Å². The van der Waals surface area contributed by atoms with E-state index in [9.17, 15) is 26.7 Å². The second-order valence-electron chi connectivity index (χ2n) is 10.2. The molecule has 1 amide bonds. The average Bonchev–Trinajstić information content (AvgIpc) is 3.58. The molecule has 1 aromatic carbocycles. The number of nitrogens with zero attached hydrogens (tertiary/aromatic N) is 3. The maximum absolute atomic E-state index is 13.4. The number of anilines is 1. The first kappa shape index (κ1) is 31.0. The number of rotatable bonds is 9. The molecule has 0 spiro atoms. The molecular formula is C26H34N4O8S3. The zero-order valence-electron chi connectivity index (χ0n) is 23.4. The number of thiophene rings is 1. The molecule has 3 aromatic rings. The van der Waals surface area contributed by atoms with Crippen molar-refractivity contribution in [2.45, 2.75) is 55.4 Å². The number of amides is 1. The molecule has 0 unspecified atom stereocenters. The van der Waals surface area contributed by atoms with Crippen molar-refractivity contribution in [3.8, 4) is 5.75 Å². The monoisotopic (exact) mass is 626 g/mol. The smallest absolute Gasteiger partial charge is 0.271 e. The van der Waals surface area contributed by atoms with Gasteiger partial charge in [0.25, 0.3) is 10.0 Å². The van der Waals surface area contributed by atoms with Crippen LogP contribution in [0.5, 0.6) is 5.75 Å². The minimum Gasteiger partial charge on any atom is -0.488 e. The zero-order chi connectivity index (χ0) is 30.1. The lowest BCUT2D eigenvalue weighted by atomic mass is 10.0. The molecule has 0 aliphatic carbocycles. The maximum atomic E-state index is 13.4. The van der Waals surface area contributed by atoms with Gasteiger partial charge in [0, 0.05) is 30.8 Å². The average molecular weight is 627 g/mol. The van der Waals surface area contributed by atoms with Gasteiger partial charge in [-0.3, -0.25) is 9.52 Å². The fourth-order valence-electron chi connectivity index (χ4n) is 4.68. The van der Waals surface area contributed by atoms with Crippen LogP contribution in [-0.4, -0.2) is 81.1 Å². The van der Waals surface area contributed by atoms with Crippen molar-refractivity contribution < 1.29 is 36.0 Å². The molecule has 0 saturated carbocycles. The molecule has 1 aliphatic rings. The van der Waals surface area contributed by atoms with Crippen LogP contribution < -0.4 is 9.46 Å². The van der Waals surface area contributed by atoms with Crippen LogP contribution in [0.2, 0.25) is 0 Å². The summed E-state index contributed by atoms with van der Waals surface area (Å²) in [6.45, 7) is 6.53. The van der Waals surface area contributed by atoms with E-state index in [-0.39, 0.29) is 64.2 Å². The lowest BCUT2D eigenvalue weighted by Gasteiger charge is -2.33. The molecule has 0 saturated heterocycles. The Kier molecular flexibility index (Phi) is 9.13. The van der Waals surface area contributed by atoms with Gasteiger partial charge in [-0.25, -0.2) is 16.8 Å². The van der Waals surface area contributed by atoms with Gasteiger partial charge in [0.1, 0.15) is 26.7 Å². The number of carbonyl (C=O) groups excluding carboxylic acids is 1. The molecule has 2 aromatic heterocycles. The second-order valence-corrected chi connectivity index (χ2v) is 15.0. The molecule has 0 radical (unpaired) electrons. The normalized spacial score (nSPS) is 19.2. The van der Waals surface area contributed by atoms with Gasteiger partial charge in [0.15, 0.2) is 5.76 Å². The van der Waals surface area contributed by atoms with Crippen LogP contribution in [-0.2, 0) is 31.3 Å². The lowest BCUT2D eigenvalue weighted by molar-refractivity contribution is -0.134. The van der Waals surface area contributed by atoms with Gasteiger partial charge in [0.05, 0.1) is 25.6 Å². The van der Waals surface area contributed by atoms with Gasteiger partial charge in [-0.05, 0) is 50.4 Å². The molecule has 3 heterocycles. The quantitative estimate of drug-likeness (QED) is 0.364. The van der Waals surface area contributed by atoms with E-state index in [2.05, 4.69) is 9.88 Å². The van der Waals surface area contributed by atoms with Gasteiger partial charge in [0.2, 0.25) is 15.9 Å². The van der Waals surface area contributed by atoms with Crippen LogP contribution in [0, 0.1) is 19.8 Å². The molecular weight excluding hydrogens is 593 g/mol. The summed E-state index contributed by atoms with van der Waals surface area (Å²) in [6.07, 6.45) is -0.817. The second kappa shape index (κ2) is 12.1. The molecule has 0 fully saturated rings. The summed E-state index contributed by atoms with van der Waals surface area (Å²) in [5.41, 5.74) is 0.915. The number of aryl methyl sites for hydroxylation is 2. The minimum atomic E-state index is -3.98. The first-order valence-electron chi connectivity index (χ1n) is 12.9. The Labute approximate surface area is 244 Å². The van der Waals surface area contributed by atoms with Crippen LogP contribution in [0.15, 0.2) is 49.3 Å². The topological polar surface area (TPSA) is 159 Å². The van der Waals surface area contributed by atoms with Crippen molar-refractivity contribution in [1.29, 1.82) is 0 Å². The molecule has 2 N–H and O–H groups in total. The number of ether oxygens (including phenoxy) is 1. The zero-order valence-corrected chi connectivity index (χ0v) is 25.8. The number of nitrogens with one attached hydrogen (secondary N) is 1. The molecule has 1 aliphatic heterocycles. The van der Waals surface area contributed by atoms with Crippen molar-refractivity contribution in [2.75, 3.05) is 31.5 Å². The van der Waals surface area contributed by atoms with E-state index in [0.29, 0.717) is 11.3 Å². The highest BCUT2D eigenvalue weighted by atomic mass is 32.2. The Morgan fingerprint density at radius 1 is 1.24 bits per heavy atom. The highest BCUT2D eigenvalue weighted by molar-refractivity contribution is 7.94. The highest BCUT2D eigenvalue weighted by Crippen LogP contribution is 2.31. The largest absolute Gasteiger partial charge is 0.488 e. The molecule has 4 rings (SSSR count). The van der Waals surface area contributed by atoms with Crippen LogP contribution in [0.25, 0.3) is 0 Å². The Balaban J connectivity index is 1.70. The molecule has 224 valence electrons. The predicted octanol–water partition coefficient (Wildman–Crippen LogP) is 2.62. The molecule has 15 heteroatoms. The Morgan fingerprint density at radius 2 is 1.98 bits per heavy atom. The van der Waals surface area contributed by atoms with Gasteiger partial charge >= 0.3 is 0 Å². The van der Waals surface area contributed by atoms with E-state index in [1.54, 1.807) is 36.3 Å². The minimum absolute atomic E-state index is 0.00973. The number of aromatic nitrogens is 1. The number of sulfonamides is 2. The molecule has 12 nitrogen and oxygen atoms in total. The fourth-order valence-corrected chi connectivity index (χ4v) is 8.19. The van der Waals surface area contributed by atoms with E-state index >= 15 is 0 Å².